The van der Waals surface area contributed by atoms with Gasteiger partial charge in [0, 0.05) is 16.0 Å². The first kappa shape index (κ1) is 27.8. The van der Waals surface area contributed by atoms with Gasteiger partial charge in [0.1, 0.15) is 18.1 Å². The van der Waals surface area contributed by atoms with E-state index < -0.39 is 5.97 Å². The smallest absolute Gasteiger partial charge is 0.335 e. The lowest BCUT2D eigenvalue weighted by Crippen LogP contribution is -2.04. The number of aromatic nitrogens is 1. The van der Waals surface area contributed by atoms with E-state index >= 15 is 0 Å². The first-order chi connectivity index (χ1) is 18.2. The van der Waals surface area contributed by atoms with E-state index in [1.165, 1.54) is 0 Å². The van der Waals surface area contributed by atoms with Crippen molar-refractivity contribution in [1.29, 1.82) is 0 Å². The monoisotopic (exact) mass is 569 g/mol. The summed E-state index contributed by atoms with van der Waals surface area (Å²) >= 11 is 19.2. The van der Waals surface area contributed by atoms with Crippen LogP contribution in [-0.2, 0) is 19.4 Å². The molecular weight excluding hydrogens is 545 g/mol. The summed E-state index contributed by atoms with van der Waals surface area (Å²) in [7, 11) is 0. The Labute approximate surface area is 236 Å². The first-order valence-corrected chi connectivity index (χ1v) is 13.2. The van der Waals surface area contributed by atoms with Gasteiger partial charge in [0.05, 0.1) is 21.8 Å². The van der Waals surface area contributed by atoms with Crippen molar-refractivity contribution in [2.24, 2.45) is 0 Å². The van der Waals surface area contributed by atoms with Gasteiger partial charge in [0.2, 0.25) is 0 Å². The van der Waals surface area contributed by atoms with Crippen LogP contribution in [-0.4, -0.2) is 16.2 Å². The second-order valence-corrected chi connectivity index (χ2v) is 10.3. The van der Waals surface area contributed by atoms with Gasteiger partial charge in [-0.3, -0.25) is 0 Å². The molecule has 4 rings (SSSR count). The molecule has 0 aliphatic rings. The molecule has 1 heterocycles. The lowest BCUT2D eigenvalue weighted by molar-refractivity contribution is 0.0697. The van der Waals surface area contributed by atoms with Crippen molar-refractivity contribution in [1.82, 2.24) is 5.16 Å². The Morgan fingerprint density at radius 3 is 2.37 bits per heavy atom. The Hall–Kier alpha value is -3.25. The van der Waals surface area contributed by atoms with Crippen LogP contribution in [0.2, 0.25) is 15.1 Å². The molecule has 38 heavy (non-hydrogen) atoms. The van der Waals surface area contributed by atoms with E-state index in [2.05, 4.69) is 5.16 Å². The molecule has 196 valence electrons. The molecule has 1 N–H and O–H groups in total. The average molecular weight is 571 g/mol. The fourth-order valence-corrected chi connectivity index (χ4v) is 4.85. The van der Waals surface area contributed by atoms with E-state index in [9.17, 15) is 9.90 Å². The van der Waals surface area contributed by atoms with E-state index in [0.29, 0.717) is 33.7 Å². The maximum atomic E-state index is 11.2. The van der Waals surface area contributed by atoms with Crippen LogP contribution < -0.4 is 4.74 Å². The molecule has 5 nitrogen and oxygen atoms in total. The number of carboxylic acid groups (broad SMARTS) is 1. The molecule has 0 aliphatic carbocycles. The van der Waals surface area contributed by atoms with Gasteiger partial charge in [-0.05, 0) is 72.0 Å². The molecule has 3 aromatic carbocycles. The van der Waals surface area contributed by atoms with E-state index in [1.807, 2.05) is 62.4 Å². The topological polar surface area (TPSA) is 72.6 Å². The molecule has 0 radical (unpaired) electrons. The van der Waals surface area contributed by atoms with Gasteiger partial charge in [0.25, 0.3) is 0 Å². The number of halogens is 3. The van der Waals surface area contributed by atoms with Crippen LogP contribution in [0.25, 0.3) is 12.2 Å². The van der Waals surface area contributed by atoms with Crippen LogP contribution in [0.1, 0.15) is 63.8 Å². The minimum atomic E-state index is -0.968. The lowest BCUT2D eigenvalue weighted by Gasteiger charge is -2.11. The molecule has 0 atom stereocenters. The highest BCUT2D eigenvalue weighted by Gasteiger charge is 2.20. The van der Waals surface area contributed by atoms with Crippen molar-refractivity contribution in [3.8, 4) is 5.75 Å². The number of hydrogen-bond donors (Lipinski definition) is 1. The second kappa shape index (κ2) is 12.5. The zero-order chi connectivity index (χ0) is 27.2. The predicted molar refractivity (Wildman–Crippen MR) is 153 cm³/mol. The first-order valence-electron chi connectivity index (χ1n) is 12.1. The number of rotatable bonds is 10. The average Bonchev–Trinajstić information content (AvgIpc) is 3.30. The Balaban J connectivity index is 1.47. The van der Waals surface area contributed by atoms with E-state index in [4.69, 9.17) is 44.1 Å². The third kappa shape index (κ3) is 6.79. The number of aryl methyl sites for hydroxylation is 1. The Morgan fingerprint density at radius 1 is 0.947 bits per heavy atom. The van der Waals surface area contributed by atoms with Gasteiger partial charge >= 0.3 is 5.97 Å². The molecule has 0 aliphatic heterocycles. The number of hydrogen-bond acceptors (Lipinski definition) is 4. The number of aromatic carboxylic acids is 1. The molecule has 0 amide bonds. The molecule has 0 saturated heterocycles. The van der Waals surface area contributed by atoms with Gasteiger partial charge in [-0.2, -0.15) is 0 Å². The number of carboxylic acids is 1. The number of benzene rings is 3. The number of ether oxygens (including phenoxy) is 1. The maximum Gasteiger partial charge on any atom is 0.335 e. The fraction of sp³-hybridized carbons (Fsp3) is 0.200. The molecule has 0 unspecified atom stereocenters. The van der Waals surface area contributed by atoms with E-state index in [1.54, 1.807) is 24.3 Å². The van der Waals surface area contributed by atoms with Gasteiger partial charge in [-0.1, -0.05) is 84.2 Å². The van der Waals surface area contributed by atoms with Crippen molar-refractivity contribution in [3.63, 3.8) is 0 Å². The highest BCUT2D eigenvalue weighted by atomic mass is 35.5. The van der Waals surface area contributed by atoms with Gasteiger partial charge < -0.3 is 14.4 Å². The molecule has 0 bridgehead atoms. The minimum Gasteiger partial charge on any atom is -0.489 e. The third-order valence-corrected chi connectivity index (χ3v) is 7.08. The Kier molecular flexibility index (Phi) is 9.16. The molecule has 0 fully saturated rings. The molecule has 0 saturated carbocycles. The summed E-state index contributed by atoms with van der Waals surface area (Å²) in [6.07, 6.45) is 4.88. The highest BCUT2D eigenvalue weighted by Crippen LogP contribution is 2.30. The maximum absolute atomic E-state index is 11.2. The largest absolute Gasteiger partial charge is 0.489 e. The normalized spacial score (nSPS) is 11.4. The van der Waals surface area contributed by atoms with Crippen molar-refractivity contribution in [2.45, 2.75) is 39.2 Å². The van der Waals surface area contributed by atoms with E-state index in [0.717, 1.165) is 33.7 Å². The van der Waals surface area contributed by atoms with Gasteiger partial charge in [-0.15, -0.1) is 0 Å². The Bertz CT molecular complexity index is 1460. The zero-order valence-electron chi connectivity index (χ0n) is 20.9. The summed E-state index contributed by atoms with van der Waals surface area (Å²) in [5.74, 6) is 0.550. The fourth-order valence-electron chi connectivity index (χ4n) is 4.03. The molecule has 4 aromatic rings. The summed E-state index contributed by atoms with van der Waals surface area (Å²) < 4.78 is 11.8. The van der Waals surface area contributed by atoms with Gasteiger partial charge in [-0.25, -0.2) is 4.79 Å². The predicted octanol–water partition coefficient (Wildman–Crippen LogP) is 8.99. The minimum absolute atomic E-state index is 0.134. The standard InChI is InChI=1S/C30H26Cl3NO4/c1-18(2)29-24(28(34-38-29)14-13-23-25(31)7-4-8-26(23)32)17-37-22-12-11-20(27(33)16-22)10-9-19-5-3-6-21(15-19)30(35)36/h3-12,15-16,18H,13-14,17H2,1-2H3,(H,35,36)/b10-9+. The molecule has 8 heteroatoms. The van der Waals surface area contributed by atoms with Crippen LogP contribution in [0.5, 0.6) is 5.75 Å². The van der Waals surface area contributed by atoms with Crippen LogP contribution in [0.3, 0.4) is 0 Å². The van der Waals surface area contributed by atoms with E-state index in [-0.39, 0.29) is 18.1 Å². The summed E-state index contributed by atoms with van der Waals surface area (Å²) in [5, 5.41) is 15.3. The van der Waals surface area contributed by atoms with Crippen molar-refractivity contribution in [2.75, 3.05) is 0 Å². The summed E-state index contributed by atoms with van der Waals surface area (Å²) in [6.45, 7) is 4.36. The van der Waals surface area contributed by atoms with Gasteiger partial charge in [0.15, 0.2) is 0 Å². The third-order valence-electron chi connectivity index (χ3n) is 6.04. The molecule has 1 aromatic heterocycles. The SMILES string of the molecule is CC(C)c1onc(CCc2c(Cl)cccc2Cl)c1COc1ccc(/C=C/c2cccc(C(=O)O)c2)c(Cl)c1. The van der Waals surface area contributed by atoms with Crippen molar-refractivity contribution >= 4 is 52.9 Å². The van der Waals surface area contributed by atoms with Crippen LogP contribution in [0.4, 0.5) is 0 Å². The van der Waals surface area contributed by atoms with Crippen molar-refractivity contribution < 1.29 is 19.2 Å². The second-order valence-electron chi connectivity index (χ2n) is 9.06. The summed E-state index contributed by atoms with van der Waals surface area (Å²) in [5.41, 5.74) is 4.36. The van der Waals surface area contributed by atoms with Crippen LogP contribution in [0.15, 0.2) is 65.2 Å². The van der Waals surface area contributed by atoms with Crippen LogP contribution >= 0.6 is 34.8 Å². The summed E-state index contributed by atoms with van der Waals surface area (Å²) in [6, 6.07) is 17.6. The van der Waals surface area contributed by atoms with Crippen molar-refractivity contribution in [3.05, 3.63) is 115 Å². The zero-order valence-corrected chi connectivity index (χ0v) is 23.1. The number of nitrogens with zero attached hydrogens (tertiary/aromatic N) is 1. The Morgan fingerprint density at radius 2 is 1.68 bits per heavy atom. The highest BCUT2D eigenvalue weighted by molar-refractivity contribution is 6.36. The quantitative estimate of drug-likeness (QED) is 0.193. The molecule has 0 spiro atoms. The van der Waals surface area contributed by atoms with Crippen LogP contribution in [0, 0.1) is 0 Å². The molecular formula is C30H26Cl3NO4. The lowest BCUT2D eigenvalue weighted by atomic mass is 10.0. The summed E-state index contributed by atoms with van der Waals surface area (Å²) in [4.78, 5) is 11.2. The number of carbonyl (C=O) groups is 1.